The Kier molecular flexibility index (Phi) is 4.30. The monoisotopic (exact) mass is 267 g/mol. The smallest absolute Gasteiger partial charge is 0.416 e. The van der Waals surface area contributed by atoms with E-state index in [1.165, 1.54) is 0 Å². The summed E-state index contributed by atoms with van der Waals surface area (Å²) in [5.41, 5.74) is 2.09. The number of hydrogen-bond donors (Lipinski definition) is 1. The maximum Gasteiger partial charge on any atom is 0.416 e. The Morgan fingerprint density at radius 3 is 2.22 bits per heavy atom. The van der Waals surface area contributed by atoms with Crippen LogP contribution < -0.4 is 5.73 Å². The highest BCUT2D eigenvalue weighted by molar-refractivity contribution is 5.81. The van der Waals surface area contributed by atoms with E-state index in [4.69, 9.17) is 10.5 Å². The van der Waals surface area contributed by atoms with Crippen LogP contribution in [0.1, 0.15) is 40.0 Å². The van der Waals surface area contributed by atoms with Crippen LogP contribution in [-0.2, 0) is 9.53 Å². The number of ether oxygens (including phenoxy) is 1. The number of alkyl halides is 3. The molecule has 3 nitrogen and oxygen atoms in total. The van der Waals surface area contributed by atoms with Gasteiger partial charge in [-0.05, 0) is 38.0 Å². The first-order valence-electron chi connectivity index (χ1n) is 6.12. The van der Waals surface area contributed by atoms with Crippen molar-refractivity contribution in [2.45, 2.75) is 57.9 Å². The highest BCUT2D eigenvalue weighted by Crippen LogP contribution is 2.33. The van der Waals surface area contributed by atoms with Crippen molar-refractivity contribution in [3.05, 3.63) is 0 Å². The summed E-state index contributed by atoms with van der Waals surface area (Å²) in [6.45, 7) is 4.74. The molecule has 0 radical (unpaired) electrons. The van der Waals surface area contributed by atoms with Gasteiger partial charge in [-0.25, -0.2) is 4.79 Å². The van der Waals surface area contributed by atoms with Crippen molar-refractivity contribution in [3.8, 4) is 0 Å². The molecule has 4 atom stereocenters. The van der Waals surface area contributed by atoms with E-state index in [1.54, 1.807) is 0 Å². The van der Waals surface area contributed by atoms with Crippen LogP contribution in [0.5, 0.6) is 0 Å². The second-order valence-electron chi connectivity index (χ2n) is 5.50. The fourth-order valence-electron chi connectivity index (χ4n) is 1.99. The molecule has 6 heteroatoms. The maximum atomic E-state index is 12.6. The van der Waals surface area contributed by atoms with E-state index in [1.807, 2.05) is 6.92 Å². The Bertz CT molecular complexity index is 315. The molecule has 0 aliphatic heterocycles. The molecule has 106 valence electrons. The SMILES string of the molecule is CC1CCC(OC(=O)C(C)(N)C(F)(F)F)CC1C. The Morgan fingerprint density at radius 2 is 1.78 bits per heavy atom. The summed E-state index contributed by atoms with van der Waals surface area (Å²) >= 11 is 0. The Balaban J connectivity index is 2.61. The van der Waals surface area contributed by atoms with Crippen LogP contribution in [0.25, 0.3) is 0 Å². The zero-order valence-electron chi connectivity index (χ0n) is 10.9. The van der Waals surface area contributed by atoms with Gasteiger partial charge in [0.1, 0.15) is 6.10 Å². The van der Waals surface area contributed by atoms with Crippen molar-refractivity contribution in [3.63, 3.8) is 0 Å². The molecular formula is C12H20F3NO2. The van der Waals surface area contributed by atoms with Crippen LogP contribution in [0, 0.1) is 11.8 Å². The minimum atomic E-state index is -4.79. The van der Waals surface area contributed by atoms with Crippen LogP contribution >= 0.6 is 0 Å². The van der Waals surface area contributed by atoms with Gasteiger partial charge >= 0.3 is 12.1 Å². The lowest BCUT2D eigenvalue weighted by atomic mass is 9.80. The molecule has 18 heavy (non-hydrogen) atoms. The molecule has 1 aliphatic carbocycles. The highest BCUT2D eigenvalue weighted by Gasteiger charge is 2.55. The third kappa shape index (κ3) is 3.16. The van der Waals surface area contributed by atoms with Gasteiger partial charge in [0.25, 0.3) is 0 Å². The van der Waals surface area contributed by atoms with Gasteiger partial charge in [0.15, 0.2) is 0 Å². The van der Waals surface area contributed by atoms with E-state index in [0.717, 1.165) is 6.42 Å². The lowest BCUT2D eigenvalue weighted by molar-refractivity contribution is -0.206. The molecule has 4 unspecified atom stereocenters. The van der Waals surface area contributed by atoms with E-state index in [-0.39, 0.29) is 0 Å². The first-order chi connectivity index (χ1) is 8.05. The normalized spacial score (nSPS) is 32.7. The van der Waals surface area contributed by atoms with E-state index >= 15 is 0 Å². The third-order valence-electron chi connectivity index (χ3n) is 3.84. The quantitative estimate of drug-likeness (QED) is 0.782. The summed E-state index contributed by atoms with van der Waals surface area (Å²) in [5.74, 6) is -0.542. The van der Waals surface area contributed by atoms with Crippen LogP contribution in [0.4, 0.5) is 13.2 Å². The number of halogens is 3. The summed E-state index contributed by atoms with van der Waals surface area (Å²) in [6.07, 6.45) is -3.19. The third-order valence-corrected chi connectivity index (χ3v) is 3.84. The number of carbonyl (C=O) groups excluding carboxylic acids is 1. The van der Waals surface area contributed by atoms with Gasteiger partial charge in [0.05, 0.1) is 0 Å². The molecule has 0 aromatic carbocycles. The zero-order valence-corrected chi connectivity index (χ0v) is 10.9. The summed E-state index contributed by atoms with van der Waals surface area (Å²) in [4.78, 5) is 11.5. The van der Waals surface area contributed by atoms with E-state index in [0.29, 0.717) is 31.6 Å². The number of esters is 1. The summed E-state index contributed by atoms with van der Waals surface area (Å²) in [5, 5.41) is 0. The predicted octanol–water partition coefficient (Wildman–Crippen LogP) is 2.63. The summed E-state index contributed by atoms with van der Waals surface area (Å²) < 4.78 is 42.6. The molecular weight excluding hydrogens is 247 g/mol. The second kappa shape index (κ2) is 5.07. The molecule has 0 heterocycles. The van der Waals surface area contributed by atoms with Gasteiger partial charge in [-0.2, -0.15) is 13.2 Å². The van der Waals surface area contributed by atoms with Crippen molar-refractivity contribution in [1.82, 2.24) is 0 Å². The molecule has 0 spiro atoms. The minimum Gasteiger partial charge on any atom is -0.461 e. The van der Waals surface area contributed by atoms with E-state index in [9.17, 15) is 18.0 Å². The van der Waals surface area contributed by atoms with E-state index in [2.05, 4.69) is 6.92 Å². The molecule has 0 bridgehead atoms. The van der Waals surface area contributed by atoms with Gasteiger partial charge in [0, 0.05) is 0 Å². The average Bonchev–Trinajstić information content (AvgIpc) is 2.21. The fourth-order valence-corrected chi connectivity index (χ4v) is 1.99. The van der Waals surface area contributed by atoms with Crippen LogP contribution in [0.15, 0.2) is 0 Å². The number of hydrogen-bond acceptors (Lipinski definition) is 3. The Labute approximate surface area is 105 Å². The average molecular weight is 267 g/mol. The minimum absolute atomic E-state index is 0.339. The lowest BCUT2D eigenvalue weighted by Gasteiger charge is -2.34. The van der Waals surface area contributed by atoms with Gasteiger partial charge in [-0.3, -0.25) is 0 Å². The Hall–Kier alpha value is -0.780. The number of rotatable bonds is 2. The largest absolute Gasteiger partial charge is 0.461 e. The molecule has 1 aliphatic rings. The lowest BCUT2D eigenvalue weighted by Crippen LogP contribution is -2.58. The van der Waals surface area contributed by atoms with Gasteiger partial charge in [-0.1, -0.05) is 13.8 Å². The van der Waals surface area contributed by atoms with Crippen LogP contribution in [0.2, 0.25) is 0 Å². The van der Waals surface area contributed by atoms with Gasteiger partial charge in [0.2, 0.25) is 5.54 Å². The molecule has 2 N–H and O–H groups in total. The van der Waals surface area contributed by atoms with Crippen LogP contribution in [0.3, 0.4) is 0 Å². The van der Waals surface area contributed by atoms with Crippen molar-refractivity contribution in [2.24, 2.45) is 17.6 Å². The molecule has 1 rings (SSSR count). The fraction of sp³-hybridized carbons (Fsp3) is 0.917. The summed E-state index contributed by atoms with van der Waals surface area (Å²) in [7, 11) is 0. The molecule has 0 saturated heterocycles. The number of carbonyl (C=O) groups is 1. The standard InChI is InChI=1S/C12H20F3NO2/c1-7-4-5-9(6-8(7)2)18-10(17)11(3,16)12(13,14)15/h7-9H,4-6,16H2,1-3H3. The maximum absolute atomic E-state index is 12.6. The molecule has 0 aromatic heterocycles. The Morgan fingerprint density at radius 1 is 1.22 bits per heavy atom. The summed E-state index contributed by atoms with van der Waals surface area (Å²) in [6, 6.07) is 0. The van der Waals surface area contributed by atoms with Crippen molar-refractivity contribution >= 4 is 5.97 Å². The van der Waals surface area contributed by atoms with Gasteiger partial charge < -0.3 is 10.5 Å². The van der Waals surface area contributed by atoms with Crippen molar-refractivity contribution < 1.29 is 22.7 Å². The number of nitrogens with two attached hydrogens (primary N) is 1. The first kappa shape index (κ1) is 15.3. The second-order valence-corrected chi connectivity index (χ2v) is 5.50. The molecule has 0 amide bonds. The first-order valence-corrected chi connectivity index (χ1v) is 6.12. The zero-order chi connectivity index (χ0) is 14.1. The molecule has 0 aromatic rings. The van der Waals surface area contributed by atoms with Crippen molar-refractivity contribution in [2.75, 3.05) is 0 Å². The highest BCUT2D eigenvalue weighted by atomic mass is 19.4. The molecule has 1 fully saturated rings. The van der Waals surface area contributed by atoms with Gasteiger partial charge in [-0.15, -0.1) is 0 Å². The topological polar surface area (TPSA) is 52.3 Å². The van der Waals surface area contributed by atoms with E-state index < -0.39 is 23.8 Å². The van der Waals surface area contributed by atoms with Crippen LogP contribution in [-0.4, -0.2) is 23.8 Å². The molecule has 1 saturated carbocycles. The predicted molar refractivity (Wildman–Crippen MR) is 60.7 cm³/mol. The van der Waals surface area contributed by atoms with Crippen molar-refractivity contribution in [1.29, 1.82) is 0 Å².